The lowest BCUT2D eigenvalue weighted by molar-refractivity contribution is -0.141. The quantitative estimate of drug-likeness (QED) is 0.918. The Hall–Kier alpha value is -1.90. The molecule has 9 heteroatoms. The molecule has 130 valence electrons. The van der Waals surface area contributed by atoms with Crippen molar-refractivity contribution in [2.24, 2.45) is 5.92 Å². The van der Waals surface area contributed by atoms with E-state index in [-0.39, 0.29) is 11.8 Å². The molecule has 2 aromatic heterocycles. The zero-order valence-electron chi connectivity index (χ0n) is 13.3. The highest BCUT2D eigenvalue weighted by Gasteiger charge is 2.35. The molecule has 1 aliphatic rings. The number of imidazole rings is 1. The van der Waals surface area contributed by atoms with E-state index in [1.54, 1.807) is 11.5 Å². The number of hydrogen-bond acceptors (Lipinski definition) is 4. The Bertz CT molecular complexity index is 765. The van der Waals surface area contributed by atoms with Gasteiger partial charge >= 0.3 is 6.18 Å². The van der Waals surface area contributed by atoms with Crippen molar-refractivity contribution in [1.29, 1.82) is 0 Å². The molecule has 0 fully saturated rings. The van der Waals surface area contributed by atoms with Crippen LogP contribution in [-0.2, 0) is 19.1 Å². The van der Waals surface area contributed by atoms with Crippen molar-refractivity contribution in [2.45, 2.75) is 39.4 Å². The van der Waals surface area contributed by atoms with E-state index in [4.69, 9.17) is 0 Å². The average molecular weight is 358 g/mol. The van der Waals surface area contributed by atoms with E-state index >= 15 is 0 Å². The lowest BCUT2D eigenvalue weighted by Crippen LogP contribution is -2.33. The Balaban J connectivity index is 1.61. The highest BCUT2D eigenvalue weighted by Crippen LogP contribution is 2.30. The van der Waals surface area contributed by atoms with E-state index in [0.717, 1.165) is 11.2 Å². The van der Waals surface area contributed by atoms with Crippen LogP contribution in [0.25, 0.3) is 0 Å². The lowest BCUT2D eigenvalue weighted by atomic mass is 9.99. The number of amides is 1. The Morgan fingerprint density at radius 2 is 2.17 bits per heavy atom. The van der Waals surface area contributed by atoms with Crippen molar-refractivity contribution in [1.82, 2.24) is 19.9 Å². The molecule has 0 aromatic carbocycles. The highest BCUT2D eigenvalue weighted by atomic mass is 32.1. The van der Waals surface area contributed by atoms with E-state index in [9.17, 15) is 18.0 Å². The number of rotatable bonds is 3. The van der Waals surface area contributed by atoms with Crippen LogP contribution in [0.15, 0.2) is 6.20 Å². The van der Waals surface area contributed by atoms with E-state index in [2.05, 4.69) is 15.3 Å². The van der Waals surface area contributed by atoms with Gasteiger partial charge in [0.1, 0.15) is 10.7 Å². The Kier molecular flexibility index (Phi) is 4.37. The van der Waals surface area contributed by atoms with Gasteiger partial charge in [-0.1, -0.05) is 0 Å². The summed E-state index contributed by atoms with van der Waals surface area (Å²) >= 11 is 1.34. The Morgan fingerprint density at radius 1 is 1.42 bits per heavy atom. The van der Waals surface area contributed by atoms with Crippen LogP contribution in [0.5, 0.6) is 0 Å². The molecular formula is C15H17F3N4OS. The van der Waals surface area contributed by atoms with E-state index in [1.807, 2.05) is 6.92 Å². The van der Waals surface area contributed by atoms with Gasteiger partial charge in [0, 0.05) is 25.7 Å². The molecule has 0 aliphatic carbocycles. The maximum atomic E-state index is 12.7. The molecule has 0 spiro atoms. The number of nitrogens with one attached hydrogen (secondary N) is 1. The summed E-state index contributed by atoms with van der Waals surface area (Å²) in [5.41, 5.74) is -0.150. The molecule has 1 atom stereocenters. The molecule has 1 aliphatic heterocycles. The number of alkyl halides is 3. The van der Waals surface area contributed by atoms with Crippen LogP contribution >= 0.6 is 11.3 Å². The third-order valence-corrected chi connectivity index (χ3v) is 5.11. The summed E-state index contributed by atoms with van der Waals surface area (Å²) in [6.45, 7) is 4.48. The van der Waals surface area contributed by atoms with Gasteiger partial charge in [-0.2, -0.15) is 13.2 Å². The lowest BCUT2D eigenvalue weighted by Gasteiger charge is -2.23. The zero-order valence-corrected chi connectivity index (χ0v) is 14.1. The van der Waals surface area contributed by atoms with Crippen LogP contribution in [0.3, 0.4) is 0 Å². The molecule has 2 aromatic rings. The molecule has 1 amide bonds. The van der Waals surface area contributed by atoms with E-state index < -0.39 is 11.9 Å². The molecule has 3 rings (SSSR count). The van der Waals surface area contributed by atoms with E-state index in [0.29, 0.717) is 42.3 Å². The molecule has 5 nitrogen and oxygen atoms in total. The van der Waals surface area contributed by atoms with Gasteiger partial charge in [-0.05, 0) is 26.2 Å². The van der Waals surface area contributed by atoms with Gasteiger partial charge in [0.05, 0.1) is 10.7 Å². The van der Waals surface area contributed by atoms with Crippen LogP contribution in [0.1, 0.15) is 38.3 Å². The predicted octanol–water partition coefficient (Wildman–Crippen LogP) is 2.97. The normalized spacial score (nSPS) is 17.6. The first kappa shape index (κ1) is 16.9. The molecule has 0 radical (unpaired) electrons. The van der Waals surface area contributed by atoms with Crippen LogP contribution in [0, 0.1) is 19.8 Å². The number of thiazole rings is 1. The van der Waals surface area contributed by atoms with Crippen molar-refractivity contribution >= 4 is 17.2 Å². The molecule has 1 N–H and O–H groups in total. The second-order valence-corrected chi connectivity index (χ2v) is 7.16. The SMILES string of the molecule is Cc1nc(C)c(C(=O)NC[C@H]2CCc3nc(C(F)(F)F)cn3C2)s1. The zero-order chi connectivity index (χ0) is 17.5. The molecule has 0 bridgehead atoms. The Morgan fingerprint density at radius 3 is 2.79 bits per heavy atom. The fraction of sp³-hybridized carbons (Fsp3) is 0.533. The van der Waals surface area contributed by atoms with Crippen molar-refractivity contribution < 1.29 is 18.0 Å². The predicted molar refractivity (Wildman–Crippen MR) is 83.0 cm³/mol. The van der Waals surface area contributed by atoms with Crippen molar-refractivity contribution in [3.63, 3.8) is 0 Å². The van der Waals surface area contributed by atoms with Gasteiger partial charge in [0.15, 0.2) is 5.69 Å². The van der Waals surface area contributed by atoms with Crippen molar-refractivity contribution in [2.75, 3.05) is 6.54 Å². The monoisotopic (exact) mass is 358 g/mol. The van der Waals surface area contributed by atoms with Crippen molar-refractivity contribution in [3.05, 3.63) is 33.3 Å². The number of carbonyl (C=O) groups is 1. The largest absolute Gasteiger partial charge is 0.434 e. The fourth-order valence-electron chi connectivity index (χ4n) is 2.88. The minimum Gasteiger partial charge on any atom is -0.351 e. The standard InChI is InChI=1S/C15H17F3N4OS/c1-8-13(24-9(2)20-8)14(23)19-5-10-3-4-12-21-11(15(16,17)18)7-22(12)6-10/h7,10H,3-6H2,1-2H3,(H,19,23)/t10-/m1/s1. The third kappa shape index (κ3) is 3.45. The molecule has 0 saturated heterocycles. The van der Waals surface area contributed by atoms with Gasteiger partial charge in [-0.15, -0.1) is 11.3 Å². The second kappa shape index (κ2) is 6.19. The van der Waals surface area contributed by atoms with Gasteiger partial charge < -0.3 is 9.88 Å². The molecular weight excluding hydrogens is 341 g/mol. The molecule has 0 unspecified atom stereocenters. The molecule has 24 heavy (non-hydrogen) atoms. The van der Waals surface area contributed by atoms with E-state index in [1.165, 1.54) is 11.3 Å². The maximum absolute atomic E-state index is 12.7. The van der Waals surface area contributed by atoms with Crippen LogP contribution < -0.4 is 5.32 Å². The summed E-state index contributed by atoms with van der Waals surface area (Å²) < 4.78 is 39.7. The van der Waals surface area contributed by atoms with Gasteiger partial charge in [-0.3, -0.25) is 4.79 Å². The number of fused-ring (bicyclic) bond motifs is 1. The summed E-state index contributed by atoms with van der Waals surface area (Å²) in [5.74, 6) is 0.371. The third-order valence-electron chi connectivity index (χ3n) is 4.04. The first-order valence-corrected chi connectivity index (χ1v) is 8.41. The number of aryl methyl sites for hydroxylation is 3. The number of nitrogens with zero attached hydrogens (tertiary/aromatic N) is 3. The van der Waals surface area contributed by atoms with Gasteiger partial charge in [0.25, 0.3) is 5.91 Å². The summed E-state index contributed by atoms with van der Waals surface area (Å²) in [5, 5.41) is 3.70. The first-order valence-electron chi connectivity index (χ1n) is 7.59. The van der Waals surface area contributed by atoms with Gasteiger partial charge in [0.2, 0.25) is 0 Å². The number of hydrogen-bond donors (Lipinski definition) is 1. The van der Waals surface area contributed by atoms with Crippen LogP contribution in [0.4, 0.5) is 13.2 Å². The maximum Gasteiger partial charge on any atom is 0.434 e. The minimum atomic E-state index is -4.42. The Labute approximate surface area is 140 Å². The number of carbonyl (C=O) groups excluding carboxylic acids is 1. The number of aromatic nitrogens is 3. The van der Waals surface area contributed by atoms with Crippen LogP contribution in [0.2, 0.25) is 0 Å². The minimum absolute atomic E-state index is 0.0889. The highest BCUT2D eigenvalue weighted by molar-refractivity contribution is 7.13. The summed E-state index contributed by atoms with van der Waals surface area (Å²) in [7, 11) is 0. The molecule has 3 heterocycles. The second-order valence-electron chi connectivity index (χ2n) is 5.95. The van der Waals surface area contributed by atoms with Crippen molar-refractivity contribution in [3.8, 4) is 0 Å². The first-order chi connectivity index (χ1) is 11.2. The summed E-state index contributed by atoms with van der Waals surface area (Å²) in [6, 6.07) is 0. The fourth-order valence-corrected chi connectivity index (χ4v) is 3.71. The summed E-state index contributed by atoms with van der Waals surface area (Å²) in [6.07, 6.45) is -2.18. The van der Waals surface area contributed by atoms with Gasteiger partial charge in [-0.25, -0.2) is 9.97 Å². The number of halogens is 3. The molecule has 0 saturated carbocycles. The average Bonchev–Trinajstić information content (AvgIpc) is 3.06. The topological polar surface area (TPSA) is 59.8 Å². The van der Waals surface area contributed by atoms with Crippen LogP contribution in [-0.4, -0.2) is 27.0 Å². The smallest absolute Gasteiger partial charge is 0.351 e. The summed E-state index contributed by atoms with van der Waals surface area (Å²) in [4.78, 5) is 20.7.